The number of aryl methyl sites for hydroxylation is 3. The standard InChI is InChI=1S/C13H18N4O2S/c1-8-5-11(6-12(14)9(8)2)20(18,19)16-13-7-17(4)15-10(13)3/h5-7,16H,14H2,1-4H3. The molecular formula is C13H18N4O2S. The van der Waals surface area contributed by atoms with Crippen molar-refractivity contribution >= 4 is 21.4 Å². The van der Waals surface area contributed by atoms with Crippen LogP contribution >= 0.6 is 0 Å². The molecule has 0 amide bonds. The van der Waals surface area contributed by atoms with Crippen LogP contribution in [0.15, 0.2) is 23.2 Å². The molecule has 0 saturated heterocycles. The van der Waals surface area contributed by atoms with Crippen molar-refractivity contribution < 1.29 is 8.42 Å². The van der Waals surface area contributed by atoms with Gasteiger partial charge in [-0.3, -0.25) is 9.40 Å². The molecule has 7 heteroatoms. The number of nitrogens with zero attached hydrogens (tertiary/aromatic N) is 2. The predicted octanol–water partition coefficient (Wildman–Crippen LogP) is 1.73. The van der Waals surface area contributed by atoms with E-state index in [2.05, 4.69) is 9.82 Å². The Bertz CT molecular complexity index is 740. The lowest BCUT2D eigenvalue weighted by Gasteiger charge is -2.11. The van der Waals surface area contributed by atoms with Crippen LogP contribution in [0.5, 0.6) is 0 Å². The number of nitrogens with two attached hydrogens (primary N) is 1. The lowest BCUT2D eigenvalue weighted by atomic mass is 10.1. The first-order valence-corrected chi connectivity index (χ1v) is 7.59. The highest BCUT2D eigenvalue weighted by Gasteiger charge is 2.18. The van der Waals surface area contributed by atoms with E-state index in [-0.39, 0.29) is 4.90 Å². The summed E-state index contributed by atoms with van der Waals surface area (Å²) in [5.41, 5.74) is 9.11. The molecular weight excluding hydrogens is 276 g/mol. The van der Waals surface area contributed by atoms with Gasteiger partial charge in [-0.2, -0.15) is 5.10 Å². The van der Waals surface area contributed by atoms with Gasteiger partial charge in [-0.25, -0.2) is 8.42 Å². The lowest BCUT2D eigenvalue weighted by Crippen LogP contribution is -2.14. The summed E-state index contributed by atoms with van der Waals surface area (Å²) in [7, 11) is -1.93. The zero-order valence-electron chi connectivity index (χ0n) is 11.9. The summed E-state index contributed by atoms with van der Waals surface area (Å²) in [4.78, 5) is 0.154. The molecule has 0 atom stereocenters. The van der Waals surface area contributed by atoms with Gasteiger partial charge >= 0.3 is 0 Å². The molecule has 0 aliphatic rings. The number of hydrogen-bond donors (Lipinski definition) is 2. The first-order chi connectivity index (χ1) is 9.20. The Morgan fingerprint density at radius 2 is 1.90 bits per heavy atom. The average molecular weight is 294 g/mol. The van der Waals surface area contributed by atoms with Crippen LogP contribution < -0.4 is 10.5 Å². The Morgan fingerprint density at radius 3 is 2.40 bits per heavy atom. The fourth-order valence-electron chi connectivity index (χ4n) is 1.91. The molecule has 0 fully saturated rings. The fraction of sp³-hybridized carbons (Fsp3) is 0.308. The molecule has 6 nitrogen and oxygen atoms in total. The predicted molar refractivity (Wildman–Crippen MR) is 79.1 cm³/mol. The van der Waals surface area contributed by atoms with Gasteiger partial charge < -0.3 is 5.73 Å². The summed E-state index contributed by atoms with van der Waals surface area (Å²) in [5.74, 6) is 0. The van der Waals surface area contributed by atoms with Gasteiger partial charge in [0.1, 0.15) is 0 Å². The molecule has 0 saturated carbocycles. The normalized spacial score (nSPS) is 11.6. The molecule has 1 aromatic heterocycles. The van der Waals surface area contributed by atoms with Crippen molar-refractivity contribution in [2.24, 2.45) is 7.05 Å². The van der Waals surface area contributed by atoms with Crippen molar-refractivity contribution in [3.63, 3.8) is 0 Å². The number of nitrogens with one attached hydrogen (secondary N) is 1. The van der Waals surface area contributed by atoms with Crippen LogP contribution in [0.4, 0.5) is 11.4 Å². The third kappa shape index (κ3) is 2.62. The lowest BCUT2D eigenvalue weighted by molar-refractivity contribution is 0.601. The van der Waals surface area contributed by atoms with Crippen molar-refractivity contribution in [1.29, 1.82) is 0 Å². The molecule has 0 bridgehead atoms. The highest BCUT2D eigenvalue weighted by molar-refractivity contribution is 7.92. The fourth-order valence-corrected chi connectivity index (χ4v) is 3.13. The number of benzene rings is 1. The van der Waals surface area contributed by atoms with Gasteiger partial charge in [0.05, 0.1) is 16.3 Å². The van der Waals surface area contributed by atoms with E-state index >= 15 is 0 Å². The minimum absolute atomic E-state index is 0.154. The number of sulfonamides is 1. The Kier molecular flexibility index (Phi) is 3.47. The second-order valence-corrected chi connectivity index (χ2v) is 6.54. The molecule has 0 unspecified atom stereocenters. The van der Waals surface area contributed by atoms with E-state index in [0.29, 0.717) is 17.1 Å². The summed E-state index contributed by atoms with van der Waals surface area (Å²) >= 11 is 0. The maximum Gasteiger partial charge on any atom is 0.262 e. The molecule has 0 radical (unpaired) electrons. The molecule has 2 aromatic rings. The second-order valence-electron chi connectivity index (χ2n) is 4.86. The van der Waals surface area contributed by atoms with Gasteiger partial charge in [0.2, 0.25) is 0 Å². The minimum Gasteiger partial charge on any atom is -0.398 e. The maximum atomic E-state index is 12.4. The number of anilines is 2. The van der Waals surface area contributed by atoms with Crippen LogP contribution in [-0.4, -0.2) is 18.2 Å². The first-order valence-electron chi connectivity index (χ1n) is 6.10. The molecule has 0 aliphatic carbocycles. The Hall–Kier alpha value is -2.02. The van der Waals surface area contributed by atoms with E-state index in [1.165, 1.54) is 6.07 Å². The van der Waals surface area contributed by atoms with E-state index in [1.807, 2.05) is 13.8 Å². The van der Waals surface area contributed by atoms with Gasteiger partial charge in [-0.05, 0) is 44.0 Å². The minimum atomic E-state index is -3.67. The molecule has 2 rings (SSSR count). The third-order valence-corrected chi connectivity index (χ3v) is 4.59. The van der Waals surface area contributed by atoms with Crippen LogP contribution in [-0.2, 0) is 17.1 Å². The molecule has 1 aromatic carbocycles. The number of aromatic nitrogens is 2. The second kappa shape index (κ2) is 4.82. The highest BCUT2D eigenvalue weighted by Crippen LogP contribution is 2.24. The summed E-state index contributed by atoms with van der Waals surface area (Å²) in [6, 6.07) is 3.08. The molecule has 0 aliphatic heterocycles. The number of nitrogen functional groups attached to an aromatic ring is 1. The molecule has 0 spiro atoms. The molecule has 3 N–H and O–H groups in total. The topological polar surface area (TPSA) is 90.0 Å². The van der Waals surface area contributed by atoms with Crippen LogP contribution in [0, 0.1) is 20.8 Å². The van der Waals surface area contributed by atoms with Gasteiger partial charge in [0.15, 0.2) is 0 Å². The van der Waals surface area contributed by atoms with E-state index in [9.17, 15) is 8.42 Å². The third-order valence-electron chi connectivity index (χ3n) is 3.25. The average Bonchev–Trinajstić information content (AvgIpc) is 2.63. The van der Waals surface area contributed by atoms with Crippen LogP contribution in [0.3, 0.4) is 0 Å². The zero-order valence-corrected chi connectivity index (χ0v) is 12.7. The van der Waals surface area contributed by atoms with Crippen LogP contribution in [0.2, 0.25) is 0 Å². The van der Waals surface area contributed by atoms with Gasteiger partial charge in [-0.15, -0.1) is 0 Å². The van der Waals surface area contributed by atoms with Crippen molar-refractivity contribution in [2.45, 2.75) is 25.7 Å². The van der Waals surface area contributed by atoms with Crippen LogP contribution in [0.25, 0.3) is 0 Å². The van der Waals surface area contributed by atoms with E-state index in [1.54, 1.807) is 30.9 Å². The Morgan fingerprint density at radius 1 is 1.25 bits per heavy atom. The summed E-state index contributed by atoms with van der Waals surface area (Å²) < 4.78 is 28.8. The summed E-state index contributed by atoms with van der Waals surface area (Å²) in [5, 5.41) is 4.10. The molecule has 108 valence electrons. The van der Waals surface area contributed by atoms with Gasteiger partial charge in [0, 0.05) is 18.9 Å². The Labute approximate surface area is 118 Å². The smallest absolute Gasteiger partial charge is 0.262 e. The Balaban J connectivity index is 2.43. The van der Waals surface area contributed by atoms with Gasteiger partial charge in [-0.1, -0.05) is 0 Å². The first kappa shape index (κ1) is 14.4. The van der Waals surface area contributed by atoms with Crippen LogP contribution in [0.1, 0.15) is 16.8 Å². The van der Waals surface area contributed by atoms with E-state index < -0.39 is 10.0 Å². The molecule has 1 heterocycles. The van der Waals surface area contributed by atoms with E-state index in [4.69, 9.17) is 5.73 Å². The quantitative estimate of drug-likeness (QED) is 0.844. The maximum absolute atomic E-state index is 12.4. The monoisotopic (exact) mass is 294 g/mol. The summed E-state index contributed by atoms with van der Waals surface area (Å²) in [6.07, 6.45) is 1.62. The van der Waals surface area contributed by atoms with Gasteiger partial charge in [0.25, 0.3) is 10.0 Å². The summed E-state index contributed by atoms with van der Waals surface area (Å²) in [6.45, 7) is 5.44. The van der Waals surface area contributed by atoms with Crippen molar-refractivity contribution in [2.75, 3.05) is 10.5 Å². The highest BCUT2D eigenvalue weighted by atomic mass is 32.2. The number of hydrogen-bond acceptors (Lipinski definition) is 4. The zero-order chi connectivity index (χ0) is 15.1. The van der Waals surface area contributed by atoms with E-state index in [0.717, 1.165) is 11.1 Å². The number of rotatable bonds is 3. The molecule has 20 heavy (non-hydrogen) atoms. The SMILES string of the molecule is Cc1cc(S(=O)(=O)Nc2cn(C)nc2C)cc(N)c1C. The largest absolute Gasteiger partial charge is 0.398 e. The van der Waals surface area contributed by atoms with Crippen molar-refractivity contribution in [1.82, 2.24) is 9.78 Å². The van der Waals surface area contributed by atoms with Crippen molar-refractivity contribution in [3.05, 3.63) is 35.2 Å². The van der Waals surface area contributed by atoms with Crippen molar-refractivity contribution in [3.8, 4) is 0 Å².